The van der Waals surface area contributed by atoms with Crippen LogP contribution in [0, 0.1) is 0 Å². The van der Waals surface area contributed by atoms with Gasteiger partial charge in [-0.15, -0.1) is 0 Å². The Bertz CT molecular complexity index is 833. The van der Waals surface area contributed by atoms with Crippen LogP contribution in [0.2, 0.25) is 0 Å². The van der Waals surface area contributed by atoms with E-state index in [1.54, 1.807) is 11.0 Å². The molecule has 1 aromatic rings. The summed E-state index contributed by atoms with van der Waals surface area (Å²) in [6.45, 7) is 5.27. The number of hydrogen-bond donors (Lipinski definition) is 0. The molecule has 1 atom stereocenters. The second-order valence-corrected chi connectivity index (χ2v) is 9.00. The molecule has 1 unspecified atom stereocenters. The fourth-order valence-electron chi connectivity index (χ4n) is 5.60. The SMILES string of the molecule is CCN(C(=O)CCCN1C(=O)c2ccccc2N2C(=O)CCC12C)C1CCCCC1. The number of hydrogen-bond acceptors (Lipinski definition) is 3. The van der Waals surface area contributed by atoms with E-state index in [0.717, 1.165) is 19.4 Å². The first-order valence-electron chi connectivity index (χ1n) is 11.5. The number of anilines is 1. The van der Waals surface area contributed by atoms with Gasteiger partial charge in [-0.1, -0.05) is 31.4 Å². The molecule has 6 heteroatoms. The van der Waals surface area contributed by atoms with Gasteiger partial charge in [0.1, 0.15) is 5.66 Å². The lowest BCUT2D eigenvalue weighted by molar-refractivity contribution is -0.134. The van der Waals surface area contributed by atoms with Crippen molar-refractivity contribution in [2.75, 3.05) is 18.0 Å². The highest BCUT2D eigenvalue weighted by molar-refractivity contribution is 6.10. The van der Waals surface area contributed by atoms with Gasteiger partial charge in [0.25, 0.3) is 5.91 Å². The van der Waals surface area contributed by atoms with Crippen molar-refractivity contribution in [3.05, 3.63) is 29.8 Å². The zero-order chi connectivity index (χ0) is 21.3. The van der Waals surface area contributed by atoms with Crippen molar-refractivity contribution in [3.8, 4) is 0 Å². The Kier molecular flexibility index (Phi) is 5.85. The van der Waals surface area contributed by atoms with Crippen molar-refractivity contribution < 1.29 is 14.4 Å². The van der Waals surface area contributed by atoms with E-state index in [2.05, 4.69) is 6.92 Å². The Hall–Kier alpha value is -2.37. The summed E-state index contributed by atoms with van der Waals surface area (Å²) in [6.07, 6.45) is 8.03. The molecule has 162 valence electrons. The lowest BCUT2D eigenvalue weighted by Crippen LogP contribution is -2.62. The van der Waals surface area contributed by atoms with Crippen molar-refractivity contribution in [1.82, 2.24) is 9.80 Å². The Morgan fingerprint density at radius 1 is 1.17 bits per heavy atom. The lowest BCUT2D eigenvalue weighted by Gasteiger charge is -2.48. The monoisotopic (exact) mass is 411 g/mol. The second kappa shape index (κ2) is 8.40. The molecule has 6 nitrogen and oxygen atoms in total. The molecule has 3 amide bonds. The van der Waals surface area contributed by atoms with Gasteiger partial charge < -0.3 is 9.80 Å². The Morgan fingerprint density at radius 3 is 2.63 bits per heavy atom. The van der Waals surface area contributed by atoms with Crippen LogP contribution >= 0.6 is 0 Å². The Labute approximate surface area is 179 Å². The van der Waals surface area contributed by atoms with Crippen LogP contribution in [-0.4, -0.2) is 52.3 Å². The first-order chi connectivity index (χ1) is 14.5. The lowest BCUT2D eigenvalue weighted by atomic mass is 9.94. The Balaban J connectivity index is 1.46. The first kappa shape index (κ1) is 20.9. The highest BCUT2D eigenvalue weighted by Crippen LogP contribution is 2.44. The number of para-hydroxylation sites is 1. The molecule has 0 aromatic heterocycles. The average Bonchev–Trinajstić information content (AvgIpc) is 3.07. The Morgan fingerprint density at radius 2 is 1.90 bits per heavy atom. The molecule has 2 aliphatic heterocycles. The van der Waals surface area contributed by atoms with E-state index >= 15 is 0 Å². The van der Waals surface area contributed by atoms with Crippen molar-refractivity contribution in [3.63, 3.8) is 0 Å². The maximum Gasteiger partial charge on any atom is 0.257 e. The molecule has 2 fully saturated rings. The fourth-order valence-corrected chi connectivity index (χ4v) is 5.60. The summed E-state index contributed by atoms with van der Waals surface area (Å²) < 4.78 is 0. The average molecular weight is 412 g/mol. The molecule has 1 saturated heterocycles. The fraction of sp³-hybridized carbons (Fsp3) is 0.625. The summed E-state index contributed by atoms with van der Waals surface area (Å²) in [5.41, 5.74) is 0.655. The van der Waals surface area contributed by atoms with Crippen molar-refractivity contribution in [2.24, 2.45) is 0 Å². The molecule has 0 radical (unpaired) electrons. The highest BCUT2D eigenvalue weighted by Gasteiger charge is 2.52. The second-order valence-electron chi connectivity index (χ2n) is 9.00. The summed E-state index contributed by atoms with van der Waals surface area (Å²) in [5, 5.41) is 0. The zero-order valence-electron chi connectivity index (χ0n) is 18.2. The third-order valence-electron chi connectivity index (χ3n) is 7.19. The highest BCUT2D eigenvalue weighted by atomic mass is 16.2. The summed E-state index contributed by atoms with van der Waals surface area (Å²) in [7, 11) is 0. The summed E-state index contributed by atoms with van der Waals surface area (Å²) in [6, 6.07) is 7.74. The third kappa shape index (κ3) is 3.50. The standard InChI is InChI=1S/C24H33N3O3/c1-3-25(18-10-5-4-6-11-18)21(28)14-9-17-26-23(30)19-12-7-8-13-20(19)27-22(29)15-16-24(26,27)2/h7-8,12-13,18H,3-6,9-11,14-17H2,1-2H3. The van der Waals surface area contributed by atoms with Crippen LogP contribution in [-0.2, 0) is 9.59 Å². The number of carbonyl (C=O) groups is 3. The van der Waals surface area contributed by atoms with Crippen LogP contribution < -0.4 is 4.90 Å². The maximum atomic E-state index is 13.3. The first-order valence-corrected chi connectivity index (χ1v) is 11.5. The molecule has 3 aliphatic rings. The van der Waals surface area contributed by atoms with Crippen LogP contribution in [0.25, 0.3) is 0 Å². The molecule has 30 heavy (non-hydrogen) atoms. The minimum atomic E-state index is -0.640. The number of fused-ring (bicyclic) bond motifs is 3. The van der Waals surface area contributed by atoms with Gasteiger partial charge in [-0.25, -0.2) is 0 Å². The van der Waals surface area contributed by atoms with Gasteiger partial charge in [-0.2, -0.15) is 0 Å². The molecule has 1 saturated carbocycles. The van der Waals surface area contributed by atoms with Gasteiger partial charge in [0.05, 0.1) is 11.3 Å². The van der Waals surface area contributed by atoms with Gasteiger partial charge in [0, 0.05) is 32.0 Å². The number of rotatable bonds is 6. The largest absolute Gasteiger partial charge is 0.340 e. The molecular formula is C24H33N3O3. The van der Waals surface area contributed by atoms with Crippen LogP contribution in [0.1, 0.15) is 82.0 Å². The van der Waals surface area contributed by atoms with Crippen molar-refractivity contribution >= 4 is 23.4 Å². The number of carbonyl (C=O) groups excluding carboxylic acids is 3. The summed E-state index contributed by atoms with van der Waals surface area (Å²) >= 11 is 0. The van der Waals surface area contributed by atoms with E-state index in [1.165, 1.54) is 19.3 Å². The maximum absolute atomic E-state index is 13.3. The van der Waals surface area contributed by atoms with Gasteiger partial charge in [-0.05, 0) is 51.7 Å². The summed E-state index contributed by atoms with van der Waals surface area (Å²) in [4.78, 5) is 44.5. The molecule has 0 spiro atoms. The van der Waals surface area contributed by atoms with E-state index in [0.29, 0.717) is 49.5 Å². The van der Waals surface area contributed by atoms with Crippen LogP contribution in [0.3, 0.4) is 0 Å². The van der Waals surface area contributed by atoms with Crippen LogP contribution in [0.5, 0.6) is 0 Å². The van der Waals surface area contributed by atoms with E-state index in [-0.39, 0.29) is 17.7 Å². The third-order valence-corrected chi connectivity index (χ3v) is 7.19. The van der Waals surface area contributed by atoms with E-state index < -0.39 is 5.66 Å². The predicted molar refractivity (Wildman–Crippen MR) is 116 cm³/mol. The predicted octanol–water partition coefficient (Wildman–Crippen LogP) is 3.95. The number of nitrogens with zero attached hydrogens (tertiary/aromatic N) is 3. The molecule has 0 N–H and O–H groups in total. The van der Waals surface area contributed by atoms with Gasteiger partial charge >= 0.3 is 0 Å². The van der Waals surface area contributed by atoms with Gasteiger partial charge in [0.2, 0.25) is 11.8 Å². The van der Waals surface area contributed by atoms with Gasteiger partial charge in [-0.3, -0.25) is 19.3 Å². The molecule has 2 heterocycles. The zero-order valence-corrected chi connectivity index (χ0v) is 18.2. The normalized spacial score (nSPS) is 24.1. The van der Waals surface area contributed by atoms with Gasteiger partial charge in [0.15, 0.2) is 0 Å². The molecule has 4 rings (SSSR count). The van der Waals surface area contributed by atoms with E-state index in [4.69, 9.17) is 0 Å². The van der Waals surface area contributed by atoms with Crippen molar-refractivity contribution in [2.45, 2.75) is 83.3 Å². The minimum absolute atomic E-state index is 0.0360. The molecule has 1 aliphatic carbocycles. The molecule has 0 bridgehead atoms. The van der Waals surface area contributed by atoms with E-state index in [9.17, 15) is 14.4 Å². The smallest absolute Gasteiger partial charge is 0.257 e. The molecule has 1 aromatic carbocycles. The van der Waals surface area contributed by atoms with Crippen LogP contribution in [0.15, 0.2) is 24.3 Å². The number of amides is 3. The summed E-state index contributed by atoms with van der Waals surface area (Å²) in [5.74, 6) is 0.220. The molecular weight excluding hydrogens is 378 g/mol. The quantitative estimate of drug-likeness (QED) is 0.712. The van der Waals surface area contributed by atoms with Crippen LogP contribution in [0.4, 0.5) is 5.69 Å². The minimum Gasteiger partial charge on any atom is -0.340 e. The topological polar surface area (TPSA) is 60.9 Å². The van der Waals surface area contributed by atoms with Crippen molar-refractivity contribution in [1.29, 1.82) is 0 Å². The van der Waals surface area contributed by atoms with E-state index in [1.807, 2.05) is 34.9 Å². The number of benzene rings is 1.